The van der Waals surface area contributed by atoms with Crippen molar-refractivity contribution in [3.05, 3.63) is 57.6 Å². The van der Waals surface area contributed by atoms with Crippen molar-refractivity contribution in [2.45, 2.75) is 39.3 Å². The molecule has 0 aromatic heterocycles. The third kappa shape index (κ3) is 5.80. The van der Waals surface area contributed by atoms with Gasteiger partial charge in [-0.05, 0) is 55.7 Å². The van der Waals surface area contributed by atoms with Gasteiger partial charge in [0.1, 0.15) is 11.8 Å². The number of nitrogens with one attached hydrogen (secondary N) is 1. The Bertz CT molecular complexity index is 1010. The Labute approximate surface area is 188 Å². The molecule has 0 heterocycles. The van der Waals surface area contributed by atoms with Gasteiger partial charge in [0.15, 0.2) is 0 Å². The van der Waals surface area contributed by atoms with Gasteiger partial charge in [-0.25, -0.2) is 8.42 Å². The number of carbonyl (C=O) groups is 1. The van der Waals surface area contributed by atoms with Gasteiger partial charge in [0.05, 0.1) is 25.1 Å². The zero-order valence-electron chi connectivity index (χ0n) is 17.6. The Hall–Kier alpha value is -1.96. The van der Waals surface area contributed by atoms with Crippen LogP contribution in [0.3, 0.4) is 0 Å². The average Bonchev–Trinajstić information content (AvgIpc) is 2.63. The van der Waals surface area contributed by atoms with Crippen LogP contribution in [-0.2, 0) is 14.8 Å². The minimum absolute atomic E-state index is 0.228. The first kappa shape index (κ1) is 24.3. The van der Waals surface area contributed by atoms with E-state index in [0.717, 1.165) is 27.4 Å². The van der Waals surface area contributed by atoms with Gasteiger partial charge in [-0.2, -0.15) is 0 Å². The normalized spacial score (nSPS) is 13.4. The Kier molecular flexibility index (Phi) is 8.02. The molecular weight excluding hydrogens is 447 g/mol. The molecule has 30 heavy (non-hydrogen) atoms. The summed E-state index contributed by atoms with van der Waals surface area (Å²) in [5.74, 6) is 0.325. The molecule has 0 fully saturated rings. The van der Waals surface area contributed by atoms with Gasteiger partial charge in [0.25, 0.3) is 0 Å². The SMILES string of the molecule is CC[C@H](NC(=O)[C@H](C)N(c1cc(Cl)cc(Cl)c1)S(C)(=O)=O)c1ccc(OC)c(C)c1. The van der Waals surface area contributed by atoms with E-state index < -0.39 is 22.0 Å². The number of benzene rings is 2. The first-order chi connectivity index (χ1) is 14.0. The number of methoxy groups -OCH3 is 1. The highest BCUT2D eigenvalue weighted by Crippen LogP contribution is 2.29. The third-order valence-electron chi connectivity index (χ3n) is 4.74. The van der Waals surface area contributed by atoms with Crippen LogP contribution in [0, 0.1) is 6.92 Å². The first-order valence-electron chi connectivity index (χ1n) is 9.38. The molecular formula is C21H26Cl2N2O4S. The molecule has 1 amide bonds. The van der Waals surface area contributed by atoms with Crippen molar-refractivity contribution < 1.29 is 17.9 Å². The fourth-order valence-corrected chi connectivity index (χ4v) is 4.98. The van der Waals surface area contributed by atoms with Crippen LogP contribution >= 0.6 is 23.2 Å². The first-order valence-corrected chi connectivity index (χ1v) is 12.0. The molecule has 2 rings (SSSR count). The highest BCUT2D eigenvalue weighted by Gasteiger charge is 2.30. The van der Waals surface area contributed by atoms with Gasteiger partial charge in [0, 0.05) is 10.0 Å². The second-order valence-electron chi connectivity index (χ2n) is 7.06. The summed E-state index contributed by atoms with van der Waals surface area (Å²) in [4.78, 5) is 13.0. The van der Waals surface area contributed by atoms with Gasteiger partial charge >= 0.3 is 0 Å². The molecule has 0 bridgehead atoms. The smallest absolute Gasteiger partial charge is 0.244 e. The van der Waals surface area contributed by atoms with Crippen LogP contribution in [0.25, 0.3) is 0 Å². The second-order valence-corrected chi connectivity index (χ2v) is 9.79. The zero-order chi connectivity index (χ0) is 22.6. The van der Waals surface area contributed by atoms with Crippen LogP contribution in [0.15, 0.2) is 36.4 Å². The van der Waals surface area contributed by atoms with E-state index in [1.54, 1.807) is 7.11 Å². The van der Waals surface area contributed by atoms with Gasteiger partial charge in [-0.15, -0.1) is 0 Å². The summed E-state index contributed by atoms with van der Waals surface area (Å²) in [5, 5.41) is 3.50. The number of carbonyl (C=O) groups excluding carboxylic acids is 1. The van der Waals surface area contributed by atoms with E-state index in [4.69, 9.17) is 27.9 Å². The summed E-state index contributed by atoms with van der Waals surface area (Å²) in [5.41, 5.74) is 2.08. The topological polar surface area (TPSA) is 75.7 Å². The number of aryl methyl sites for hydroxylation is 1. The number of hydrogen-bond donors (Lipinski definition) is 1. The molecule has 9 heteroatoms. The number of rotatable bonds is 8. The average molecular weight is 473 g/mol. The fraction of sp³-hybridized carbons (Fsp3) is 0.381. The summed E-state index contributed by atoms with van der Waals surface area (Å²) in [6, 6.07) is 8.80. The van der Waals surface area contributed by atoms with Crippen molar-refractivity contribution in [3.63, 3.8) is 0 Å². The largest absolute Gasteiger partial charge is 0.496 e. The van der Waals surface area contributed by atoms with E-state index in [9.17, 15) is 13.2 Å². The molecule has 0 saturated heterocycles. The molecule has 6 nitrogen and oxygen atoms in total. The van der Waals surface area contributed by atoms with E-state index in [-0.39, 0.29) is 21.8 Å². The summed E-state index contributed by atoms with van der Waals surface area (Å²) in [6.45, 7) is 5.39. The number of sulfonamides is 1. The van der Waals surface area contributed by atoms with Crippen LogP contribution < -0.4 is 14.4 Å². The molecule has 0 aliphatic carbocycles. The molecule has 0 spiro atoms. The van der Waals surface area contributed by atoms with Gasteiger partial charge in [-0.1, -0.05) is 42.3 Å². The van der Waals surface area contributed by atoms with Crippen LogP contribution in [0.4, 0.5) is 5.69 Å². The number of nitrogens with zero attached hydrogens (tertiary/aromatic N) is 1. The predicted octanol–water partition coefficient (Wildman–Crippen LogP) is 4.73. The number of hydrogen-bond acceptors (Lipinski definition) is 4. The number of anilines is 1. The highest BCUT2D eigenvalue weighted by molar-refractivity contribution is 7.92. The molecule has 0 saturated carbocycles. The molecule has 2 atom stereocenters. The van der Waals surface area contributed by atoms with Crippen molar-refractivity contribution in [1.82, 2.24) is 5.32 Å². The lowest BCUT2D eigenvalue weighted by atomic mass is 10.0. The maximum absolute atomic E-state index is 13.0. The number of amides is 1. The van der Waals surface area contributed by atoms with Gasteiger partial charge in [0.2, 0.25) is 15.9 Å². The van der Waals surface area contributed by atoms with Crippen LogP contribution in [-0.4, -0.2) is 33.7 Å². The lowest BCUT2D eigenvalue weighted by Crippen LogP contribution is -2.48. The van der Waals surface area contributed by atoms with Crippen molar-refractivity contribution in [1.29, 1.82) is 0 Å². The Morgan fingerprint density at radius 3 is 2.23 bits per heavy atom. The van der Waals surface area contributed by atoms with Crippen molar-refractivity contribution in [3.8, 4) is 5.75 Å². The number of halogens is 2. The minimum Gasteiger partial charge on any atom is -0.496 e. The fourth-order valence-electron chi connectivity index (χ4n) is 3.31. The van der Waals surface area contributed by atoms with E-state index in [0.29, 0.717) is 6.42 Å². The van der Waals surface area contributed by atoms with Crippen LogP contribution in [0.1, 0.15) is 37.4 Å². The van der Waals surface area contributed by atoms with Crippen molar-refractivity contribution >= 4 is 44.8 Å². The van der Waals surface area contributed by atoms with Crippen molar-refractivity contribution in [2.24, 2.45) is 0 Å². The summed E-state index contributed by atoms with van der Waals surface area (Å²) in [6.07, 6.45) is 1.67. The highest BCUT2D eigenvalue weighted by atomic mass is 35.5. The second kappa shape index (κ2) is 9.90. The summed E-state index contributed by atoms with van der Waals surface area (Å²) < 4.78 is 31.3. The predicted molar refractivity (Wildman–Crippen MR) is 122 cm³/mol. The van der Waals surface area contributed by atoms with Crippen LogP contribution in [0.2, 0.25) is 10.0 Å². The summed E-state index contributed by atoms with van der Waals surface area (Å²) in [7, 11) is -2.18. The third-order valence-corrected chi connectivity index (χ3v) is 6.41. The molecule has 0 aliphatic heterocycles. The maximum atomic E-state index is 13.0. The quantitative estimate of drug-likeness (QED) is 0.602. The molecule has 0 unspecified atom stereocenters. The zero-order valence-corrected chi connectivity index (χ0v) is 19.9. The maximum Gasteiger partial charge on any atom is 0.244 e. The van der Waals surface area contributed by atoms with Gasteiger partial charge in [-0.3, -0.25) is 9.10 Å². The van der Waals surface area contributed by atoms with E-state index in [1.807, 2.05) is 32.0 Å². The Balaban J connectivity index is 2.33. The van der Waals surface area contributed by atoms with E-state index >= 15 is 0 Å². The van der Waals surface area contributed by atoms with Gasteiger partial charge < -0.3 is 10.1 Å². The van der Waals surface area contributed by atoms with Crippen LogP contribution in [0.5, 0.6) is 5.75 Å². The Morgan fingerprint density at radius 2 is 1.77 bits per heavy atom. The summed E-state index contributed by atoms with van der Waals surface area (Å²) >= 11 is 12.1. The number of ether oxygens (including phenoxy) is 1. The molecule has 1 N–H and O–H groups in total. The van der Waals surface area contributed by atoms with E-state index in [1.165, 1.54) is 25.1 Å². The van der Waals surface area contributed by atoms with Crippen molar-refractivity contribution in [2.75, 3.05) is 17.7 Å². The monoisotopic (exact) mass is 472 g/mol. The standard InChI is InChI=1S/C21H26Cl2N2O4S/c1-6-19(15-7-8-20(29-4)13(2)9-15)24-21(26)14(3)25(30(5,27)28)18-11-16(22)10-17(23)12-18/h7-12,14,19H,6H2,1-5H3,(H,24,26)/t14-,19-/m0/s1. The molecule has 0 aliphatic rings. The molecule has 2 aromatic carbocycles. The Morgan fingerprint density at radius 1 is 1.17 bits per heavy atom. The van der Waals surface area contributed by atoms with E-state index in [2.05, 4.69) is 5.32 Å². The lowest BCUT2D eigenvalue weighted by molar-refractivity contribution is -0.122. The molecule has 2 aromatic rings. The minimum atomic E-state index is -3.78. The molecule has 0 radical (unpaired) electrons. The lowest BCUT2D eigenvalue weighted by Gasteiger charge is -2.30. The molecule has 164 valence electrons.